The van der Waals surface area contributed by atoms with Crippen molar-refractivity contribution in [3.63, 3.8) is 0 Å². The third-order valence-corrected chi connectivity index (χ3v) is 3.33. The van der Waals surface area contributed by atoms with Crippen molar-refractivity contribution in [3.8, 4) is 0 Å². The summed E-state index contributed by atoms with van der Waals surface area (Å²) in [5.41, 5.74) is -0.382. The van der Waals surface area contributed by atoms with E-state index in [9.17, 15) is 19.5 Å². The van der Waals surface area contributed by atoms with Gasteiger partial charge in [0.1, 0.15) is 11.4 Å². The van der Waals surface area contributed by atoms with Gasteiger partial charge in [0.25, 0.3) is 5.91 Å². The van der Waals surface area contributed by atoms with Gasteiger partial charge in [-0.3, -0.25) is 4.79 Å². The SMILES string of the molecule is C/C([O-])=C(\N=Nc1ccccc1C(=O)O)C(=O)Nc1ccc(C(=O)O)cc1. The van der Waals surface area contributed by atoms with E-state index in [1.807, 2.05) is 0 Å². The van der Waals surface area contributed by atoms with Crippen LogP contribution in [0.3, 0.4) is 0 Å². The molecule has 9 heteroatoms. The molecule has 3 N–H and O–H groups in total. The number of nitrogens with one attached hydrogen (secondary N) is 1. The van der Waals surface area contributed by atoms with Crippen LogP contribution < -0.4 is 10.4 Å². The molecule has 0 aliphatic rings. The summed E-state index contributed by atoms with van der Waals surface area (Å²) in [5.74, 6) is -3.88. The average molecular weight is 368 g/mol. The lowest BCUT2D eigenvalue weighted by Gasteiger charge is -2.11. The maximum absolute atomic E-state index is 12.3. The molecule has 0 fully saturated rings. The van der Waals surface area contributed by atoms with Gasteiger partial charge in [-0.05, 0) is 36.4 Å². The van der Waals surface area contributed by atoms with E-state index in [1.54, 1.807) is 0 Å². The van der Waals surface area contributed by atoms with E-state index in [-0.39, 0.29) is 22.5 Å². The molecule has 27 heavy (non-hydrogen) atoms. The molecule has 2 rings (SSSR count). The van der Waals surface area contributed by atoms with Crippen molar-refractivity contribution in [2.45, 2.75) is 6.92 Å². The van der Waals surface area contributed by atoms with E-state index in [4.69, 9.17) is 10.2 Å². The van der Waals surface area contributed by atoms with Crippen molar-refractivity contribution in [2.75, 3.05) is 5.32 Å². The highest BCUT2D eigenvalue weighted by Crippen LogP contribution is 2.21. The van der Waals surface area contributed by atoms with Gasteiger partial charge in [-0.1, -0.05) is 19.1 Å². The van der Waals surface area contributed by atoms with Crippen molar-refractivity contribution in [2.24, 2.45) is 10.2 Å². The molecule has 0 saturated heterocycles. The van der Waals surface area contributed by atoms with Crippen LogP contribution in [0, 0.1) is 0 Å². The first-order chi connectivity index (χ1) is 12.8. The number of aromatic carboxylic acids is 2. The minimum atomic E-state index is -1.23. The smallest absolute Gasteiger partial charge is 0.337 e. The lowest BCUT2D eigenvalue weighted by molar-refractivity contribution is -0.303. The second kappa shape index (κ2) is 8.39. The van der Waals surface area contributed by atoms with Gasteiger partial charge in [0.2, 0.25) is 0 Å². The Balaban J connectivity index is 2.23. The van der Waals surface area contributed by atoms with E-state index >= 15 is 0 Å². The number of anilines is 1. The van der Waals surface area contributed by atoms with Crippen LogP contribution in [-0.4, -0.2) is 28.1 Å². The molecule has 2 aromatic rings. The molecular formula is C18H14N3O6-. The van der Waals surface area contributed by atoms with Gasteiger partial charge in [0.15, 0.2) is 0 Å². The number of carbonyl (C=O) groups is 3. The van der Waals surface area contributed by atoms with E-state index in [0.29, 0.717) is 0 Å². The van der Waals surface area contributed by atoms with Crippen molar-refractivity contribution in [1.82, 2.24) is 0 Å². The zero-order valence-electron chi connectivity index (χ0n) is 14.0. The van der Waals surface area contributed by atoms with Crippen LogP contribution in [0.4, 0.5) is 11.4 Å². The number of hydrogen-bond acceptors (Lipinski definition) is 6. The Morgan fingerprint density at radius 2 is 1.59 bits per heavy atom. The lowest BCUT2D eigenvalue weighted by Crippen LogP contribution is -2.18. The molecule has 0 radical (unpaired) electrons. The molecule has 0 aliphatic carbocycles. The quantitative estimate of drug-likeness (QED) is 0.404. The molecule has 138 valence electrons. The van der Waals surface area contributed by atoms with Gasteiger partial charge in [-0.25, -0.2) is 9.59 Å². The molecule has 0 aliphatic heterocycles. The molecular weight excluding hydrogens is 354 g/mol. The summed E-state index contributed by atoms with van der Waals surface area (Å²) in [5, 5.41) is 39.4. The minimum Gasteiger partial charge on any atom is -0.874 e. The number of allylic oxidation sites excluding steroid dienone is 1. The number of rotatable bonds is 6. The first-order valence-electron chi connectivity index (χ1n) is 7.56. The Bertz CT molecular complexity index is 944. The third-order valence-electron chi connectivity index (χ3n) is 3.33. The lowest BCUT2D eigenvalue weighted by atomic mass is 10.2. The first kappa shape index (κ1) is 19.3. The van der Waals surface area contributed by atoms with Crippen LogP contribution in [-0.2, 0) is 4.79 Å². The number of hydrogen-bond donors (Lipinski definition) is 3. The molecule has 0 unspecified atom stereocenters. The predicted molar refractivity (Wildman–Crippen MR) is 92.6 cm³/mol. The number of nitrogens with zero attached hydrogens (tertiary/aromatic N) is 2. The summed E-state index contributed by atoms with van der Waals surface area (Å²) in [7, 11) is 0. The van der Waals surface area contributed by atoms with Crippen molar-refractivity contribution < 1.29 is 29.7 Å². The standard InChI is InChI=1S/C18H15N3O6/c1-10(22)15(21-20-14-5-3-2-4-13(14)18(26)27)16(23)19-12-8-6-11(7-9-12)17(24)25/h2-9,22H,1H3,(H,19,23)(H,24,25)(H,26,27)/p-1/b15-10+,21-20?. The Kier molecular flexibility index (Phi) is 6.00. The Labute approximate surface area is 153 Å². The summed E-state index contributed by atoms with van der Waals surface area (Å²) < 4.78 is 0. The number of carboxylic acids is 2. The third kappa shape index (κ3) is 4.98. The Morgan fingerprint density at radius 1 is 0.963 bits per heavy atom. The zero-order chi connectivity index (χ0) is 20.0. The highest BCUT2D eigenvalue weighted by molar-refractivity contribution is 6.04. The molecule has 0 aromatic heterocycles. The number of carboxylic acid groups (broad SMARTS) is 2. The second-order valence-electron chi connectivity index (χ2n) is 5.26. The summed E-state index contributed by atoms with van der Waals surface area (Å²) in [6.45, 7) is 1.12. The molecule has 0 atom stereocenters. The van der Waals surface area contributed by atoms with E-state index in [0.717, 1.165) is 6.92 Å². The van der Waals surface area contributed by atoms with Gasteiger partial charge in [0, 0.05) is 5.69 Å². The molecule has 2 aromatic carbocycles. The maximum Gasteiger partial charge on any atom is 0.337 e. The predicted octanol–water partition coefficient (Wildman–Crippen LogP) is 2.40. The van der Waals surface area contributed by atoms with Gasteiger partial charge >= 0.3 is 11.9 Å². The van der Waals surface area contributed by atoms with Crippen LogP contribution in [0.5, 0.6) is 0 Å². The molecule has 0 bridgehead atoms. The average Bonchev–Trinajstić information content (AvgIpc) is 2.62. The van der Waals surface area contributed by atoms with E-state index in [2.05, 4.69) is 15.5 Å². The molecule has 0 spiro atoms. The largest absolute Gasteiger partial charge is 0.874 e. The normalized spacial score (nSPS) is 11.7. The fourth-order valence-electron chi connectivity index (χ4n) is 2.01. The number of carbonyl (C=O) groups excluding carboxylic acids is 1. The van der Waals surface area contributed by atoms with Gasteiger partial charge in [0.05, 0.1) is 11.1 Å². The summed E-state index contributed by atoms with van der Waals surface area (Å²) in [6.07, 6.45) is 0. The fourth-order valence-corrected chi connectivity index (χ4v) is 2.01. The first-order valence-corrected chi connectivity index (χ1v) is 7.56. The highest BCUT2D eigenvalue weighted by Gasteiger charge is 2.12. The van der Waals surface area contributed by atoms with Crippen molar-refractivity contribution >= 4 is 29.2 Å². The monoisotopic (exact) mass is 368 g/mol. The van der Waals surface area contributed by atoms with Crippen LogP contribution in [0.1, 0.15) is 27.6 Å². The molecule has 0 saturated carbocycles. The number of benzene rings is 2. The van der Waals surface area contributed by atoms with Gasteiger partial charge in [-0.15, -0.1) is 16.0 Å². The number of azo groups is 1. The van der Waals surface area contributed by atoms with E-state index < -0.39 is 29.3 Å². The van der Waals surface area contributed by atoms with Gasteiger partial charge < -0.3 is 20.6 Å². The summed E-state index contributed by atoms with van der Waals surface area (Å²) in [6, 6.07) is 11.0. The Hall–Kier alpha value is -4.01. The van der Waals surface area contributed by atoms with Crippen molar-refractivity contribution in [3.05, 3.63) is 71.1 Å². The number of amides is 1. The highest BCUT2D eigenvalue weighted by atomic mass is 16.4. The summed E-state index contributed by atoms with van der Waals surface area (Å²) >= 11 is 0. The van der Waals surface area contributed by atoms with Gasteiger partial charge in [-0.2, -0.15) is 0 Å². The molecule has 1 amide bonds. The minimum absolute atomic E-state index is 0.0117. The van der Waals surface area contributed by atoms with Crippen LogP contribution in [0.2, 0.25) is 0 Å². The van der Waals surface area contributed by atoms with Crippen LogP contribution in [0.25, 0.3) is 0 Å². The Morgan fingerprint density at radius 3 is 2.15 bits per heavy atom. The van der Waals surface area contributed by atoms with Crippen LogP contribution in [0.15, 0.2) is 70.2 Å². The molecule has 0 heterocycles. The fraction of sp³-hybridized carbons (Fsp3) is 0.0556. The van der Waals surface area contributed by atoms with Crippen LogP contribution >= 0.6 is 0 Å². The zero-order valence-corrected chi connectivity index (χ0v) is 14.0. The van der Waals surface area contributed by atoms with Crippen molar-refractivity contribution in [1.29, 1.82) is 0 Å². The summed E-state index contributed by atoms with van der Waals surface area (Å²) in [4.78, 5) is 34.2. The molecule has 9 nitrogen and oxygen atoms in total. The topological polar surface area (TPSA) is 151 Å². The van der Waals surface area contributed by atoms with E-state index in [1.165, 1.54) is 48.5 Å². The maximum atomic E-state index is 12.3. The second-order valence-corrected chi connectivity index (χ2v) is 5.26.